The second-order valence-corrected chi connectivity index (χ2v) is 7.47. The van der Waals surface area contributed by atoms with Gasteiger partial charge in [0.15, 0.2) is 0 Å². The van der Waals surface area contributed by atoms with E-state index in [1.165, 1.54) is 16.7 Å². The molecular weight excluding hydrogens is 344 g/mol. The molecule has 3 aromatic carbocycles. The van der Waals surface area contributed by atoms with Crippen LogP contribution in [-0.2, 0) is 11.2 Å². The van der Waals surface area contributed by atoms with Crippen molar-refractivity contribution in [3.05, 3.63) is 95.6 Å². The van der Waals surface area contributed by atoms with Gasteiger partial charge in [-0.2, -0.15) is 0 Å². The van der Waals surface area contributed by atoms with Crippen LogP contribution < -0.4 is 10.2 Å². The minimum atomic E-state index is 0.108. The molecule has 4 rings (SSSR count). The van der Waals surface area contributed by atoms with E-state index in [4.69, 9.17) is 0 Å². The standard InChI is InChI=1S/C25H26N2O/c1-19-14-16-20(17-15-19)8-7-13-25(28)27-18-23(21-9-3-2-4-10-21)26-22-11-5-6-12-24(22)27/h2-6,9-12,14-17,23,26H,7-8,13,18H2,1H3. The summed E-state index contributed by atoms with van der Waals surface area (Å²) in [5, 5.41) is 3.59. The summed E-state index contributed by atoms with van der Waals surface area (Å²) in [5.74, 6) is 0.196. The quantitative estimate of drug-likeness (QED) is 0.641. The third-order valence-electron chi connectivity index (χ3n) is 5.37. The van der Waals surface area contributed by atoms with Crippen molar-refractivity contribution in [3.8, 4) is 0 Å². The second-order valence-electron chi connectivity index (χ2n) is 7.47. The van der Waals surface area contributed by atoms with Crippen LogP contribution in [-0.4, -0.2) is 12.5 Å². The van der Waals surface area contributed by atoms with Crippen molar-refractivity contribution in [3.63, 3.8) is 0 Å². The van der Waals surface area contributed by atoms with Crippen molar-refractivity contribution in [1.82, 2.24) is 0 Å². The Labute approximate surface area is 167 Å². The molecule has 0 bridgehead atoms. The maximum atomic E-state index is 13.1. The molecule has 1 unspecified atom stereocenters. The predicted molar refractivity (Wildman–Crippen MR) is 116 cm³/mol. The Balaban J connectivity index is 1.47. The van der Waals surface area contributed by atoms with Crippen molar-refractivity contribution < 1.29 is 4.79 Å². The van der Waals surface area contributed by atoms with Gasteiger partial charge in [-0.3, -0.25) is 4.79 Å². The first-order valence-electron chi connectivity index (χ1n) is 9.97. The Hall–Kier alpha value is -3.07. The second kappa shape index (κ2) is 8.30. The highest BCUT2D eigenvalue weighted by molar-refractivity contribution is 5.97. The number of amides is 1. The number of para-hydroxylation sites is 2. The third kappa shape index (κ3) is 4.09. The molecule has 0 saturated carbocycles. The van der Waals surface area contributed by atoms with Crippen molar-refractivity contribution in [2.45, 2.75) is 32.2 Å². The zero-order chi connectivity index (χ0) is 19.3. The Morgan fingerprint density at radius 2 is 1.68 bits per heavy atom. The van der Waals surface area contributed by atoms with Crippen molar-refractivity contribution >= 4 is 17.3 Å². The van der Waals surface area contributed by atoms with Gasteiger partial charge in [0, 0.05) is 6.42 Å². The van der Waals surface area contributed by atoms with Crippen LogP contribution in [0.5, 0.6) is 0 Å². The molecule has 0 aliphatic carbocycles. The minimum absolute atomic E-state index is 0.108. The zero-order valence-electron chi connectivity index (χ0n) is 16.3. The molecule has 1 amide bonds. The van der Waals surface area contributed by atoms with Gasteiger partial charge in [-0.1, -0.05) is 72.3 Å². The Bertz CT molecular complexity index is 934. The largest absolute Gasteiger partial charge is 0.375 e. The van der Waals surface area contributed by atoms with E-state index in [1.54, 1.807) is 0 Å². The fourth-order valence-electron chi connectivity index (χ4n) is 3.79. The maximum Gasteiger partial charge on any atom is 0.227 e. The number of aryl methyl sites for hydroxylation is 2. The molecule has 1 heterocycles. The van der Waals surface area contributed by atoms with E-state index in [-0.39, 0.29) is 11.9 Å². The number of anilines is 2. The SMILES string of the molecule is Cc1ccc(CCCC(=O)N2CC(c3ccccc3)Nc3ccccc32)cc1. The van der Waals surface area contributed by atoms with Gasteiger partial charge in [0.2, 0.25) is 5.91 Å². The van der Waals surface area contributed by atoms with Gasteiger partial charge in [0.25, 0.3) is 0 Å². The third-order valence-corrected chi connectivity index (χ3v) is 5.37. The van der Waals surface area contributed by atoms with Crippen LogP contribution in [0.25, 0.3) is 0 Å². The molecule has 0 saturated heterocycles. The maximum absolute atomic E-state index is 13.1. The Morgan fingerprint density at radius 3 is 2.46 bits per heavy atom. The predicted octanol–water partition coefficient (Wildman–Crippen LogP) is 5.52. The molecule has 0 aromatic heterocycles. The van der Waals surface area contributed by atoms with Crippen molar-refractivity contribution in [1.29, 1.82) is 0 Å². The smallest absolute Gasteiger partial charge is 0.227 e. The van der Waals surface area contributed by atoms with Crippen LogP contribution in [0, 0.1) is 6.92 Å². The molecule has 3 nitrogen and oxygen atoms in total. The average Bonchev–Trinajstić information content (AvgIpc) is 2.75. The highest BCUT2D eigenvalue weighted by Gasteiger charge is 2.28. The number of nitrogens with zero attached hydrogens (tertiary/aromatic N) is 1. The van der Waals surface area contributed by atoms with E-state index in [0.717, 1.165) is 24.2 Å². The molecule has 1 atom stereocenters. The van der Waals surface area contributed by atoms with Crippen LogP contribution in [0.15, 0.2) is 78.9 Å². The van der Waals surface area contributed by atoms with E-state index >= 15 is 0 Å². The van der Waals surface area contributed by atoms with Gasteiger partial charge in [-0.25, -0.2) is 0 Å². The van der Waals surface area contributed by atoms with Crippen LogP contribution in [0.4, 0.5) is 11.4 Å². The fraction of sp³-hybridized carbons (Fsp3) is 0.240. The lowest BCUT2D eigenvalue weighted by Crippen LogP contribution is -2.40. The minimum Gasteiger partial charge on any atom is -0.375 e. The molecule has 0 fully saturated rings. The van der Waals surface area contributed by atoms with Gasteiger partial charge in [-0.05, 0) is 43.0 Å². The number of nitrogens with one attached hydrogen (secondary N) is 1. The van der Waals surface area contributed by atoms with Gasteiger partial charge in [0.05, 0.1) is 24.0 Å². The molecule has 0 spiro atoms. The summed E-state index contributed by atoms with van der Waals surface area (Å²) in [7, 11) is 0. The van der Waals surface area contributed by atoms with E-state index in [2.05, 4.69) is 54.7 Å². The molecule has 1 N–H and O–H groups in total. The van der Waals surface area contributed by atoms with Crippen LogP contribution in [0.3, 0.4) is 0 Å². The first kappa shape index (κ1) is 18.3. The lowest BCUT2D eigenvalue weighted by Gasteiger charge is -2.36. The van der Waals surface area contributed by atoms with E-state index < -0.39 is 0 Å². The lowest BCUT2D eigenvalue weighted by atomic mass is 10.0. The van der Waals surface area contributed by atoms with Crippen LogP contribution >= 0.6 is 0 Å². The summed E-state index contributed by atoms with van der Waals surface area (Å²) in [6.07, 6.45) is 2.36. The Morgan fingerprint density at radius 1 is 0.964 bits per heavy atom. The van der Waals surface area contributed by atoms with E-state index in [9.17, 15) is 4.79 Å². The summed E-state index contributed by atoms with van der Waals surface area (Å²) >= 11 is 0. The highest BCUT2D eigenvalue weighted by atomic mass is 16.2. The summed E-state index contributed by atoms with van der Waals surface area (Å²) in [5.41, 5.74) is 5.77. The number of fused-ring (bicyclic) bond motifs is 1. The number of hydrogen-bond acceptors (Lipinski definition) is 2. The van der Waals surface area contributed by atoms with E-state index in [1.807, 2.05) is 41.3 Å². The summed E-state index contributed by atoms with van der Waals surface area (Å²) < 4.78 is 0. The number of benzene rings is 3. The molecular formula is C25H26N2O. The molecule has 3 heteroatoms. The average molecular weight is 370 g/mol. The molecule has 142 valence electrons. The lowest BCUT2D eigenvalue weighted by molar-refractivity contribution is -0.118. The van der Waals surface area contributed by atoms with Crippen LogP contribution in [0.2, 0.25) is 0 Å². The van der Waals surface area contributed by atoms with E-state index in [0.29, 0.717) is 13.0 Å². The summed E-state index contributed by atoms with van der Waals surface area (Å²) in [4.78, 5) is 15.0. The van der Waals surface area contributed by atoms with Crippen molar-refractivity contribution in [2.24, 2.45) is 0 Å². The van der Waals surface area contributed by atoms with Crippen molar-refractivity contribution in [2.75, 3.05) is 16.8 Å². The summed E-state index contributed by atoms with van der Waals surface area (Å²) in [6.45, 7) is 2.75. The first-order chi connectivity index (χ1) is 13.7. The van der Waals surface area contributed by atoms with Gasteiger partial charge in [-0.15, -0.1) is 0 Å². The molecule has 28 heavy (non-hydrogen) atoms. The number of rotatable bonds is 5. The number of carbonyl (C=O) groups excluding carboxylic acids is 1. The monoisotopic (exact) mass is 370 g/mol. The molecule has 1 aliphatic rings. The molecule has 1 aliphatic heterocycles. The fourth-order valence-corrected chi connectivity index (χ4v) is 3.79. The topological polar surface area (TPSA) is 32.3 Å². The van der Waals surface area contributed by atoms with Gasteiger partial charge >= 0.3 is 0 Å². The molecule has 3 aromatic rings. The highest BCUT2D eigenvalue weighted by Crippen LogP contribution is 2.36. The summed E-state index contributed by atoms with van der Waals surface area (Å²) in [6, 6.07) is 27.1. The Kier molecular flexibility index (Phi) is 5.43. The normalized spacial score (nSPS) is 15.6. The van der Waals surface area contributed by atoms with Gasteiger partial charge in [0.1, 0.15) is 0 Å². The number of hydrogen-bond donors (Lipinski definition) is 1. The van der Waals surface area contributed by atoms with Gasteiger partial charge < -0.3 is 10.2 Å². The number of carbonyl (C=O) groups is 1. The molecule has 0 radical (unpaired) electrons. The first-order valence-corrected chi connectivity index (χ1v) is 9.97. The zero-order valence-corrected chi connectivity index (χ0v) is 16.3. The van der Waals surface area contributed by atoms with Crippen LogP contribution in [0.1, 0.15) is 35.6 Å².